The van der Waals surface area contributed by atoms with E-state index in [0.717, 1.165) is 5.30 Å². The lowest BCUT2D eigenvalue weighted by atomic mass is 9.78. The van der Waals surface area contributed by atoms with E-state index in [0.29, 0.717) is 5.92 Å². The van der Waals surface area contributed by atoms with Crippen molar-refractivity contribution in [2.75, 3.05) is 0 Å². The minimum Gasteiger partial charge on any atom is -0.0727 e. The highest BCUT2D eigenvalue weighted by Gasteiger charge is 2.29. The molecule has 0 aliphatic rings. The molecule has 1 rings (SSSR count). The van der Waals surface area contributed by atoms with Gasteiger partial charge in [0.1, 0.15) is 6.63 Å². The molecule has 0 aromatic heterocycles. The van der Waals surface area contributed by atoms with Crippen LogP contribution in [-0.4, -0.2) is 0 Å². The van der Waals surface area contributed by atoms with Crippen molar-refractivity contribution in [1.82, 2.24) is 0 Å². The molecule has 0 fully saturated rings. The number of hydrogen-bond donors (Lipinski definition) is 0. The summed E-state index contributed by atoms with van der Waals surface area (Å²) in [5.74, 6) is 0.503. The van der Waals surface area contributed by atoms with Gasteiger partial charge in [0.15, 0.2) is 0 Å². The van der Waals surface area contributed by atoms with Crippen LogP contribution in [0.25, 0.3) is 0 Å². The van der Waals surface area contributed by atoms with Crippen LogP contribution >= 0.6 is 29.1 Å². The first-order valence-corrected chi connectivity index (χ1v) is 10.3. The van der Waals surface area contributed by atoms with Gasteiger partial charge >= 0.3 is 0 Å². The summed E-state index contributed by atoms with van der Waals surface area (Å²) in [6.07, 6.45) is 0. The molecular weight excluding hydrogens is 306 g/mol. The number of benzene rings is 1. The summed E-state index contributed by atoms with van der Waals surface area (Å²) in [5.41, 5.74) is 4.05. The lowest BCUT2D eigenvalue weighted by Gasteiger charge is -2.32. The van der Waals surface area contributed by atoms with E-state index < -0.39 is 6.63 Å². The number of rotatable bonds is 2. The zero-order chi connectivity index (χ0) is 15.9. The highest BCUT2D eigenvalue weighted by molar-refractivity contribution is 8.09. The maximum atomic E-state index is 6.39. The average Bonchev–Trinajstić information content (AvgIpc) is 2.24. The molecule has 0 atom stereocenters. The largest absolute Gasteiger partial charge is 0.117 e. The van der Waals surface area contributed by atoms with Gasteiger partial charge in [-0.25, -0.2) is 0 Å². The fourth-order valence-electron chi connectivity index (χ4n) is 2.32. The molecule has 20 heavy (non-hydrogen) atoms. The Bertz CT molecular complexity index is 442. The van der Waals surface area contributed by atoms with Gasteiger partial charge in [-0.15, -0.1) is 0 Å². The van der Waals surface area contributed by atoms with Gasteiger partial charge in [0.2, 0.25) is 0 Å². The van der Waals surface area contributed by atoms with Crippen LogP contribution in [0.3, 0.4) is 0 Å². The molecule has 0 bridgehead atoms. The molecule has 0 heterocycles. The first-order valence-electron chi connectivity index (χ1n) is 7.16. The Hall–Kier alpha value is 0.230. The van der Waals surface area contributed by atoms with Gasteiger partial charge in [0.05, 0.1) is 0 Å². The van der Waals surface area contributed by atoms with Crippen molar-refractivity contribution >= 4 is 34.4 Å². The van der Waals surface area contributed by atoms with Crippen molar-refractivity contribution in [2.45, 2.75) is 72.1 Å². The smallest absolute Gasteiger partial charge is 0.0727 e. The summed E-state index contributed by atoms with van der Waals surface area (Å²) in [5, 5.41) is 1.16. The SMILES string of the molecule is CC(C)c1cc(C(C)(C)C)c(P(Cl)Cl)c(C(C)(C)C)c1. The minimum absolute atomic E-state index is 0.0462. The van der Waals surface area contributed by atoms with E-state index in [-0.39, 0.29) is 10.8 Å². The maximum Gasteiger partial charge on any atom is 0.117 e. The van der Waals surface area contributed by atoms with Crippen LogP contribution in [0.4, 0.5) is 0 Å². The fourth-order valence-corrected chi connectivity index (χ4v) is 4.57. The fraction of sp³-hybridized carbons (Fsp3) is 0.647. The molecule has 0 aliphatic carbocycles. The third-order valence-corrected chi connectivity index (χ3v) is 5.42. The van der Waals surface area contributed by atoms with Crippen LogP contribution in [0.2, 0.25) is 0 Å². The van der Waals surface area contributed by atoms with Crippen LogP contribution in [-0.2, 0) is 10.8 Å². The van der Waals surface area contributed by atoms with Gasteiger partial charge in [-0.3, -0.25) is 0 Å². The summed E-state index contributed by atoms with van der Waals surface area (Å²) in [6, 6.07) is 4.60. The van der Waals surface area contributed by atoms with Crippen LogP contribution in [0.15, 0.2) is 12.1 Å². The Kier molecular flexibility index (Phi) is 5.62. The summed E-state index contributed by atoms with van der Waals surface area (Å²) in [7, 11) is 0. The molecular formula is C17H27Cl2P. The van der Waals surface area contributed by atoms with E-state index in [1.54, 1.807) is 0 Å². The van der Waals surface area contributed by atoms with Gasteiger partial charge in [-0.2, -0.15) is 0 Å². The van der Waals surface area contributed by atoms with Crippen LogP contribution in [0.5, 0.6) is 0 Å². The standard InChI is InChI=1S/C17H27Cl2P/c1-11(2)12-9-13(16(3,4)5)15(20(18)19)14(10-12)17(6,7)8/h9-11H,1-8H3. The van der Waals surface area contributed by atoms with Crippen molar-refractivity contribution < 1.29 is 0 Å². The quantitative estimate of drug-likeness (QED) is 0.521. The number of hydrogen-bond acceptors (Lipinski definition) is 0. The molecule has 0 aliphatic heterocycles. The van der Waals surface area contributed by atoms with E-state index in [9.17, 15) is 0 Å². The summed E-state index contributed by atoms with van der Waals surface area (Å²) < 4.78 is 0. The van der Waals surface area contributed by atoms with Gasteiger partial charge < -0.3 is 0 Å². The molecule has 0 radical (unpaired) electrons. The van der Waals surface area contributed by atoms with E-state index in [1.165, 1.54) is 16.7 Å². The van der Waals surface area contributed by atoms with Gasteiger partial charge in [-0.1, -0.05) is 90.0 Å². The molecule has 0 N–H and O–H groups in total. The van der Waals surface area contributed by atoms with Crippen LogP contribution in [0.1, 0.15) is 78.0 Å². The molecule has 1 aromatic carbocycles. The lowest BCUT2D eigenvalue weighted by molar-refractivity contribution is 0.573. The maximum absolute atomic E-state index is 6.39. The number of halogens is 2. The third kappa shape index (κ3) is 4.12. The van der Waals surface area contributed by atoms with Gasteiger partial charge in [-0.05, 0) is 33.4 Å². The Labute approximate surface area is 135 Å². The first kappa shape index (κ1) is 18.3. The van der Waals surface area contributed by atoms with Gasteiger partial charge in [0.25, 0.3) is 0 Å². The predicted octanol–water partition coefficient (Wildman–Crippen LogP) is 6.82. The summed E-state index contributed by atoms with van der Waals surface area (Å²) >= 11 is 12.8. The average molecular weight is 333 g/mol. The zero-order valence-electron chi connectivity index (χ0n) is 13.9. The Morgan fingerprint density at radius 2 is 1.20 bits per heavy atom. The van der Waals surface area contributed by atoms with Crippen molar-refractivity contribution in [3.8, 4) is 0 Å². The van der Waals surface area contributed by atoms with Crippen molar-refractivity contribution in [2.24, 2.45) is 0 Å². The van der Waals surface area contributed by atoms with Gasteiger partial charge in [0, 0.05) is 5.30 Å². The van der Waals surface area contributed by atoms with E-state index in [4.69, 9.17) is 22.5 Å². The second-order valence-corrected chi connectivity index (χ2v) is 11.3. The van der Waals surface area contributed by atoms with Crippen LogP contribution in [0, 0.1) is 0 Å². The third-order valence-electron chi connectivity index (χ3n) is 3.58. The minimum atomic E-state index is -1.15. The molecule has 0 nitrogen and oxygen atoms in total. The molecule has 0 unspecified atom stereocenters. The molecule has 1 aromatic rings. The second kappa shape index (κ2) is 6.15. The molecule has 0 saturated heterocycles. The lowest BCUT2D eigenvalue weighted by Crippen LogP contribution is -2.29. The topological polar surface area (TPSA) is 0 Å². The first-order chi connectivity index (χ1) is 8.85. The second-order valence-electron chi connectivity index (χ2n) is 7.85. The van der Waals surface area contributed by atoms with E-state index in [1.807, 2.05) is 0 Å². The van der Waals surface area contributed by atoms with Crippen LogP contribution < -0.4 is 5.30 Å². The van der Waals surface area contributed by atoms with Crippen molar-refractivity contribution in [1.29, 1.82) is 0 Å². The molecule has 0 spiro atoms. The Morgan fingerprint density at radius 1 is 0.850 bits per heavy atom. The molecule has 0 saturated carbocycles. The zero-order valence-corrected chi connectivity index (χ0v) is 16.3. The molecule has 0 amide bonds. The van der Waals surface area contributed by atoms with E-state index in [2.05, 4.69) is 67.5 Å². The van der Waals surface area contributed by atoms with Crippen molar-refractivity contribution in [3.63, 3.8) is 0 Å². The molecule has 3 heteroatoms. The predicted molar refractivity (Wildman–Crippen MR) is 96.2 cm³/mol. The monoisotopic (exact) mass is 332 g/mol. The summed E-state index contributed by atoms with van der Waals surface area (Å²) in [4.78, 5) is 0. The molecule has 114 valence electrons. The van der Waals surface area contributed by atoms with Crippen molar-refractivity contribution in [3.05, 3.63) is 28.8 Å². The van der Waals surface area contributed by atoms with E-state index >= 15 is 0 Å². The highest BCUT2D eigenvalue weighted by atomic mass is 35.9. The Morgan fingerprint density at radius 3 is 1.40 bits per heavy atom. The highest BCUT2D eigenvalue weighted by Crippen LogP contribution is 2.50. The summed E-state index contributed by atoms with van der Waals surface area (Å²) in [6.45, 7) is 16.7. The Balaban J connectivity index is 3.77. The normalized spacial score (nSPS) is 13.4.